The van der Waals surface area contributed by atoms with Gasteiger partial charge in [0.25, 0.3) is 5.69 Å². The Labute approximate surface area is 164 Å². The number of H-pyrrole nitrogens is 1. The number of carboxylic acids is 2. The number of hydrogen-bond donors (Lipinski definition) is 4. The van der Waals surface area contributed by atoms with Gasteiger partial charge >= 0.3 is 11.9 Å². The van der Waals surface area contributed by atoms with Crippen LogP contribution in [0.25, 0.3) is 0 Å². The van der Waals surface area contributed by atoms with E-state index in [1.54, 1.807) is 24.5 Å². The van der Waals surface area contributed by atoms with Crippen LogP contribution in [0.3, 0.4) is 0 Å². The number of nitro groups is 1. The van der Waals surface area contributed by atoms with Crippen LogP contribution in [0.2, 0.25) is 0 Å². The fourth-order valence-corrected chi connectivity index (χ4v) is 2.74. The number of para-hydroxylation sites is 2. The molecule has 152 valence electrons. The molecule has 2 aromatic rings. The first-order chi connectivity index (χ1) is 13.8. The number of carboxylic acid groups (broad SMARTS) is 2. The number of aromatic nitrogens is 2. The van der Waals surface area contributed by atoms with E-state index < -0.39 is 16.9 Å². The maximum atomic E-state index is 12.3. The summed E-state index contributed by atoms with van der Waals surface area (Å²) in [5.41, 5.74) is 2.13. The highest BCUT2D eigenvalue weighted by Gasteiger charge is 2.27. The molecule has 4 N–H and O–H groups in total. The van der Waals surface area contributed by atoms with Crippen molar-refractivity contribution in [2.24, 2.45) is 5.92 Å². The number of hydrogen-bond acceptors (Lipinski definition) is 6. The molecule has 3 rings (SSSR count). The second-order valence-corrected chi connectivity index (χ2v) is 6.04. The Kier molecular flexibility index (Phi) is 7.18. The number of fused-ring (bicyclic) bond motifs is 1. The highest BCUT2D eigenvalue weighted by atomic mass is 16.6. The van der Waals surface area contributed by atoms with Crippen LogP contribution in [0.5, 0.6) is 0 Å². The molecule has 0 radical (unpaired) electrons. The van der Waals surface area contributed by atoms with Gasteiger partial charge in [0.15, 0.2) is 0 Å². The standard InChI is InChI=1S/C14H14N4O3.C4H4O4/c19-14(9-5-6-10-12(7-9)16-8-15-10)17-11-3-1-2-4-13(11)18(20)21;5-3(6)1-2-4(7)8/h1-4,8-9H,5-7H2,(H,15,16)(H,17,19);1-2H,(H,5,6)(H,7,8). The van der Waals surface area contributed by atoms with Gasteiger partial charge in [0.1, 0.15) is 5.69 Å². The first-order valence-electron chi connectivity index (χ1n) is 8.47. The molecule has 1 aromatic carbocycles. The lowest BCUT2D eigenvalue weighted by atomic mass is 9.89. The minimum Gasteiger partial charge on any atom is -0.478 e. The Morgan fingerprint density at radius 1 is 1.21 bits per heavy atom. The summed E-state index contributed by atoms with van der Waals surface area (Å²) in [6.07, 6.45) is 4.78. The largest absolute Gasteiger partial charge is 0.478 e. The lowest BCUT2D eigenvalue weighted by molar-refractivity contribution is -0.383. The normalized spacial score (nSPS) is 15.0. The first kappa shape index (κ1) is 21.3. The van der Waals surface area contributed by atoms with Gasteiger partial charge in [0.05, 0.1) is 16.9 Å². The molecule has 0 saturated carbocycles. The summed E-state index contributed by atoms with van der Waals surface area (Å²) < 4.78 is 0. The molecule has 0 bridgehead atoms. The molecule has 1 aliphatic carbocycles. The zero-order chi connectivity index (χ0) is 21.4. The van der Waals surface area contributed by atoms with Gasteiger partial charge in [0.2, 0.25) is 5.91 Å². The molecular weight excluding hydrogens is 384 g/mol. The number of anilines is 1. The Morgan fingerprint density at radius 3 is 2.48 bits per heavy atom. The summed E-state index contributed by atoms with van der Waals surface area (Å²) in [5, 5.41) is 29.2. The van der Waals surface area contributed by atoms with E-state index in [0.29, 0.717) is 25.0 Å². The average Bonchev–Trinajstić information content (AvgIpc) is 3.15. The second-order valence-electron chi connectivity index (χ2n) is 6.04. The van der Waals surface area contributed by atoms with E-state index in [9.17, 15) is 24.5 Å². The van der Waals surface area contributed by atoms with Gasteiger partial charge < -0.3 is 20.5 Å². The maximum absolute atomic E-state index is 12.3. The second kappa shape index (κ2) is 9.78. The van der Waals surface area contributed by atoms with Crippen molar-refractivity contribution in [1.29, 1.82) is 0 Å². The fraction of sp³-hybridized carbons (Fsp3) is 0.222. The van der Waals surface area contributed by atoms with Crippen LogP contribution in [0.4, 0.5) is 11.4 Å². The van der Waals surface area contributed by atoms with E-state index in [0.717, 1.165) is 17.8 Å². The molecule has 0 fully saturated rings. The van der Waals surface area contributed by atoms with Crippen molar-refractivity contribution in [2.45, 2.75) is 19.3 Å². The van der Waals surface area contributed by atoms with Gasteiger partial charge in [-0.05, 0) is 18.9 Å². The van der Waals surface area contributed by atoms with Gasteiger partial charge in [-0.2, -0.15) is 0 Å². The van der Waals surface area contributed by atoms with Crippen molar-refractivity contribution in [1.82, 2.24) is 9.97 Å². The van der Waals surface area contributed by atoms with Crippen molar-refractivity contribution in [3.63, 3.8) is 0 Å². The maximum Gasteiger partial charge on any atom is 0.328 e. The van der Waals surface area contributed by atoms with Gasteiger partial charge in [-0.3, -0.25) is 14.9 Å². The number of benzene rings is 1. The molecule has 1 aromatic heterocycles. The van der Waals surface area contributed by atoms with Crippen molar-refractivity contribution < 1.29 is 29.5 Å². The van der Waals surface area contributed by atoms with Crippen LogP contribution >= 0.6 is 0 Å². The van der Waals surface area contributed by atoms with Crippen LogP contribution in [-0.4, -0.2) is 43.0 Å². The Morgan fingerprint density at radius 2 is 1.86 bits per heavy atom. The van der Waals surface area contributed by atoms with E-state index in [2.05, 4.69) is 15.3 Å². The zero-order valence-electron chi connectivity index (χ0n) is 15.1. The summed E-state index contributed by atoms with van der Waals surface area (Å²) in [6, 6.07) is 6.16. The van der Waals surface area contributed by atoms with E-state index in [1.807, 2.05) is 0 Å². The summed E-state index contributed by atoms with van der Waals surface area (Å²) >= 11 is 0. The number of aryl methyl sites for hydroxylation is 1. The van der Waals surface area contributed by atoms with Gasteiger partial charge in [-0.15, -0.1) is 0 Å². The third kappa shape index (κ3) is 6.27. The predicted molar refractivity (Wildman–Crippen MR) is 100 cm³/mol. The van der Waals surface area contributed by atoms with E-state index >= 15 is 0 Å². The number of carbonyl (C=O) groups excluding carboxylic acids is 1. The number of nitrogens with one attached hydrogen (secondary N) is 2. The highest BCUT2D eigenvalue weighted by molar-refractivity contribution is 5.95. The molecule has 11 nitrogen and oxygen atoms in total. The molecular formula is C18H18N4O7. The molecule has 1 unspecified atom stereocenters. The molecule has 0 saturated heterocycles. The van der Waals surface area contributed by atoms with E-state index in [1.165, 1.54) is 6.07 Å². The molecule has 11 heteroatoms. The third-order valence-electron chi connectivity index (χ3n) is 4.09. The van der Waals surface area contributed by atoms with Crippen molar-refractivity contribution in [3.05, 3.63) is 64.2 Å². The average molecular weight is 402 g/mol. The number of rotatable bonds is 5. The molecule has 0 spiro atoms. The van der Waals surface area contributed by atoms with E-state index in [-0.39, 0.29) is 23.2 Å². The topological polar surface area (TPSA) is 176 Å². The van der Waals surface area contributed by atoms with Gasteiger partial charge in [-0.1, -0.05) is 12.1 Å². The van der Waals surface area contributed by atoms with Crippen LogP contribution in [-0.2, 0) is 27.2 Å². The number of aliphatic carboxylic acids is 2. The Hall–Kier alpha value is -4.02. The molecule has 1 aliphatic rings. The number of amides is 1. The molecule has 1 heterocycles. The predicted octanol–water partition coefficient (Wildman–Crippen LogP) is 1.77. The molecule has 1 amide bonds. The number of imidazole rings is 1. The smallest absolute Gasteiger partial charge is 0.328 e. The lowest BCUT2D eigenvalue weighted by Crippen LogP contribution is -2.28. The number of aromatic amines is 1. The zero-order valence-corrected chi connectivity index (χ0v) is 15.1. The molecule has 29 heavy (non-hydrogen) atoms. The number of nitro benzene ring substituents is 1. The first-order valence-corrected chi connectivity index (χ1v) is 8.47. The molecule has 0 aliphatic heterocycles. The van der Waals surface area contributed by atoms with Gasteiger partial charge in [-0.25, -0.2) is 14.6 Å². The van der Waals surface area contributed by atoms with Crippen LogP contribution < -0.4 is 5.32 Å². The lowest BCUT2D eigenvalue weighted by Gasteiger charge is -2.20. The summed E-state index contributed by atoms with van der Waals surface area (Å²) in [4.78, 5) is 49.1. The van der Waals surface area contributed by atoms with Crippen molar-refractivity contribution in [3.8, 4) is 0 Å². The summed E-state index contributed by atoms with van der Waals surface area (Å²) in [5.74, 6) is -2.90. The van der Waals surface area contributed by atoms with E-state index in [4.69, 9.17) is 10.2 Å². The minimum atomic E-state index is -1.26. The fourth-order valence-electron chi connectivity index (χ4n) is 2.74. The highest BCUT2D eigenvalue weighted by Crippen LogP contribution is 2.27. The number of carbonyl (C=O) groups is 3. The minimum absolute atomic E-state index is 0.0936. The van der Waals surface area contributed by atoms with Crippen LogP contribution in [0.15, 0.2) is 42.7 Å². The third-order valence-corrected chi connectivity index (χ3v) is 4.09. The van der Waals surface area contributed by atoms with Crippen LogP contribution in [0.1, 0.15) is 17.8 Å². The monoisotopic (exact) mass is 402 g/mol. The Balaban J connectivity index is 0.000000321. The van der Waals surface area contributed by atoms with Crippen molar-refractivity contribution in [2.75, 3.05) is 5.32 Å². The number of nitrogens with zero attached hydrogens (tertiary/aromatic N) is 2. The van der Waals surface area contributed by atoms with Crippen LogP contribution in [0, 0.1) is 16.0 Å². The van der Waals surface area contributed by atoms with Gasteiger partial charge in [0, 0.05) is 36.3 Å². The summed E-state index contributed by atoms with van der Waals surface area (Å²) in [7, 11) is 0. The summed E-state index contributed by atoms with van der Waals surface area (Å²) in [6.45, 7) is 0. The molecule has 1 atom stereocenters. The SMILES string of the molecule is O=C(Nc1ccccc1[N+](=O)[O-])C1CCc2nc[nH]c2C1.O=C(O)C=CC(=O)O. The quantitative estimate of drug-likeness (QED) is 0.332. The van der Waals surface area contributed by atoms with Crippen molar-refractivity contribution >= 4 is 29.2 Å². The Bertz CT molecular complexity index is 935.